The van der Waals surface area contributed by atoms with Crippen molar-refractivity contribution < 1.29 is 55.4 Å². The molecule has 0 aliphatic rings. The van der Waals surface area contributed by atoms with Crippen molar-refractivity contribution >= 4 is 29.4 Å². The minimum absolute atomic E-state index is 0. The summed E-state index contributed by atoms with van der Waals surface area (Å²) < 4.78 is 13.0. The van der Waals surface area contributed by atoms with Crippen molar-refractivity contribution in [2.45, 2.75) is 14.9 Å². The first-order valence-corrected chi connectivity index (χ1v) is 2.56. The normalized spacial score (nSPS) is 5.88. The van der Waals surface area contributed by atoms with Crippen LogP contribution in [0.2, 0.25) is 0 Å². The maximum Gasteiger partial charge on any atom is 0.514 e. The van der Waals surface area contributed by atoms with Crippen LogP contribution in [-0.2, 0) is 23.9 Å². The number of hydrogen-bond acceptors (Lipinski definition) is 9. The smallest absolute Gasteiger partial charge is 0.452 e. The van der Waals surface area contributed by atoms with Gasteiger partial charge in [-0.15, -0.1) is 0 Å². The molecule has 0 atom stereocenters. The molecule has 8 N–H and O–H groups in total. The van der Waals surface area contributed by atoms with Gasteiger partial charge in [-0.05, 0) is 0 Å². The van der Waals surface area contributed by atoms with Crippen molar-refractivity contribution in [2.75, 3.05) is 0 Å². The average Bonchev–Trinajstić information content (AvgIpc) is 2.14. The van der Waals surface area contributed by atoms with E-state index in [1.54, 1.807) is 0 Å². The molecule has 0 saturated carbocycles. The van der Waals surface area contributed by atoms with E-state index in [9.17, 15) is 0 Å². The van der Waals surface area contributed by atoms with Crippen LogP contribution in [0.3, 0.4) is 0 Å². The minimum atomic E-state index is -1.80. The zero-order valence-electron chi connectivity index (χ0n) is 7.14. The molecule has 0 amide bonds. The molecule has 11 nitrogen and oxygen atoms in total. The first-order valence-electron chi connectivity index (χ1n) is 2.56. The third-order valence-electron chi connectivity index (χ3n) is 0.358. The van der Waals surface area contributed by atoms with Gasteiger partial charge in [0, 0.05) is 0 Å². The molecule has 0 aliphatic carbocycles. The summed E-state index contributed by atoms with van der Waals surface area (Å²) in [6, 6.07) is 0. The summed E-state index contributed by atoms with van der Waals surface area (Å²) in [7, 11) is -0.648. The van der Waals surface area contributed by atoms with Gasteiger partial charge in [0.1, 0.15) is 0 Å². The van der Waals surface area contributed by atoms with Crippen molar-refractivity contribution in [3.8, 4) is 0 Å². The van der Waals surface area contributed by atoms with Crippen molar-refractivity contribution in [1.29, 1.82) is 0 Å². The maximum atomic E-state index is 9.00. The Balaban J connectivity index is -0.0000000306. The fraction of sp³-hybridized carbons (Fsp3) is 1.00. The minimum Gasteiger partial charge on any atom is -0.452 e. The summed E-state index contributed by atoms with van der Waals surface area (Å²) in [6.07, 6.45) is 0. The fourth-order valence-electron chi connectivity index (χ4n) is 0.0878. The van der Waals surface area contributed by atoms with Gasteiger partial charge >= 0.3 is 44.2 Å². The van der Waals surface area contributed by atoms with Gasteiger partial charge in [-0.1, -0.05) is 19.9 Å². The Morgan fingerprint density at radius 2 is 1.41 bits per heavy atom. The zero-order chi connectivity index (χ0) is 10.5. The molecular formula is C2H16B4O11. The maximum absolute atomic E-state index is 9.00. The largest absolute Gasteiger partial charge is 0.514 e. The third-order valence-corrected chi connectivity index (χ3v) is 0.358. The van der Waals surface area contributed by atoms with Crippen LogP contribution in [-0.4, -0.2) is 60.9 Å². The van der Waals surface area contributed by atoms with E-state index in [2.05, 4.69) is 19.2 Å². The first-order chi connectivity index (χ1) is 6.18. The molecule has 0 spiro atoms. The Morgan fingerprint density at radius 3 is 1.65 bits per heavy atom. The van der Waals surface area contributed by atoms with Crippen LogP contribution in [0.4, 0.5) is 0 Å². The van der Waals surface area contributed by atoms with Crippen molar-refractivity contribution in [1.82, 2.24) is 0 Å². The summed E-state index contributed by atoms with van der Waals surface area (Å²) >= 11 is 0. The first kappa shape index (κ1) is 36.0. The molecule has 15 heteroatoms. The molecule has 0 bridgehead atoms. The van der Waals surface area contributed by atoms with Crippen molar-refractivity contribution in [2.24, 2.45) is 0 Å². The topological polar surface area (TPSA) is 198 Å². The monoisotopic (exact) mass is 260 g/mol. The van der Waals surface area contributed by atoms with E-state index in [4.69, 9.17) is 25.3 Å². The predicted molar refractivity (Wildman–Crippen MR) is 58.4 cm³/mol. The van der Waals surface area contributed by atoms with Gasteiger partial charge < -0.3 is 15.5 Å². The number of hydrogen-bond donors (Lipinski definition) is 4. The van der Waals surface area contributed by atoms with Crippen LogP contribution in [0, 0.1) is 0 Å². The van der Waals surface area contributed by atoms with Crippen LogP contribution in [0.5, 0.6) is 0 Å². The Bertz CT molecular complexity index is 97.5. The van der Waals surface area contributed by atoms with Crippen LogP contribution in [0.1, 0.15) is 14.9 Å². The van der Waals surface area contributed by atoms with E-state index in [-0.39, 0.29) is 32.8 Å². The fourth-order valence-corrected chi connectivity index (χ4v) is 0.0878. The second-order valence-electron chi connectivity index (χ2n) is 1.15. The molecule has 0 saturated heterocycles. The molecule has 0 fully saturated rings. The second-order valence-corrected chi connectivity index (χ2v) is 1.15. The third kappa shape index (κ3) is 65.9. The van der Waals surface area contributed by atoms with Gasteiger partial charge in [0.2, 0.25) is 0 Å². The predicted octanol–water partition coefficient (Wildman–Crippen LogP) is -3.39. The van der Waals surface area contributed by atoms with Crippen LogP contribution in [0.25, 0.3) is 0 Å². The van der Waals surface area contributed by atoms with Gasteiger partial charge in [0.15, 0.2) is 0 Å². The molecule has 0 aromatic carbocycles. The molecule has 0 aromatic heterocycles. The molecule has 17 heavy (non-hydrogen) atoms. The average molecular weight is 259 g/mol. The van der Waals surface area contributed by atoms with Gasteiger partial charge in [-0.2, -0.15) is 0 Å². The summed E-state index contributed by atoms with van der Waals surface area (Å²) in [5.41, 5.74) is 0. The molecule has 102 valence electrons. The summed E-state index contributed by atoms with van der Waals surface area (Å²) in [6.45, 7) is 0. The molecule has 0 unspecified atom stereocenters. The molecule has 0 aromatic rings. The molecule has 0 rings (SSSR count). The zero-order valence-corrected chi connectivity index (χ0v) is 7.14. The van der Waals surface area contributed by atoms with Crippen molar-refractivity contribution in [3.05, 3.63) is 0 Å². The molecule has 0 aliphatic heterocycles. The van der Waals surface area contributed by atoms with Crippen LogP contribution >= 0.6 is 0 Å². The Labute approximate surface area is 101 Å². The Kier molecular flexibility index (Phi) is 76.3. The van der Waals surface area contributed by atoms with Gasteiger partial charge in [-0.3, -0.25) is 10.1 Å². The summed E-state index contributed by atoms with van der Waals surface area (Å²) in [5, 5.41) is 33.1. The Morgan fingerprint density at radius 1 is 1.00 bits per heavy atom. The van der Waals surface area contributed by atoms with E-state index in [1.165, 1.54) is 0 Å². The quantitative estimate of drug-likeness (QED) is 0.162. The van der Waals surface area contributed by atoms with E-state index >= 15 is 0 Å². The van der Waals surface area contributed by atoms with E-state index in [0.717, 1.165) is 0 Å². The summed E-state index contributed by atoms with van der Waals surface area (Å²) in [5.74, 6) is 0. The summed E-state index contributed by atoms with van der Waals surface area (Å²) in [4.78, 5) is 6.91. The van der Waals surface area contributed by atoms with Gasteiger partial charge in [0.25, 0.3) is 0 Å². The van der Waals surface area contributed by atoms with E-state index in [0.29, 0.717) is 15.4 Å². The standard InChI is InChI=1S/2CH4.B2H2O6.B2H2O3.2H2O/c;;3-6-1-5-2-7-8-4;3-1-2(4)5;;/h2*1H4;3-4H;4-5H;2*1H2. The van der Waals surface area contributed by atoms with Gasteiger partial charge in [-0.25, -0.2) is 10.1 Å². The molecule has 0 heterocycles. The van der Waals surface area contributed by atoms with E-state index in [1.807, 2.05) is 0 Å². The van der Waals surface area contributed by atoms with E-state index < -0.39 is 7.01 Å². The SMILES string of the molecule is C.C.O.O.O=BB(O)O.OO[B]O[B]OOO. The van der Waals surface area contributed by atoms with Gasteiger partial charge in [0.05, 0.1) is 0 Å². The number of rotatable bonds is 6. The second kappa shape index (κ2) is 36.1. The van der Waals surface area contributed by atoms with Crippen LogP contribution < -0.4 is 0 Å². The Hall–Kier alpha value is -0.340. The molecule has 2 radical (unpaired) electrons. The van der Waals surface area contributed by atoms with Crippen molar-refractivity contribution in [3.63, 3.8) is 0 Å². The van der Waals surface area contributed by atoms with Crippen LogP contribution in [0.15, 0.2) is 0 Å². The molecular weight excluding hydrogens is 243 g/mol.